The molecule has 8 heteroatoms. The predicted octanol–water partition coefficient (Wildman–Crippen LogP) is 6.94. The molecule has 2 amide bonds. The van der Waals surface area contributed by atoms with E-state index in [1.807, 2.05) is 13.0 Å². The van der Waals surface area contributed by atoms with E-state index in [0.717, 1.165) is 33.9 Å². The van der Waals surface area contributed by atoms with Crippen molar-refractivity contribution in [2.24, 2.45) is 0 Å². The summed E-state index contributed by atoms with van der Waals surface area (Å²) in [4.78, 5) is 26.4. The van der Waals surface area contributed by atoms with Crippen molar-refractivity contribution in [2.75, 3.05) is 0 Å². The summed E-state index contributed by atoms with van der Waals surface area (Å²) < 4.78 is 19.1. The van der Waals surface area contributed by atoms with Crippen LogP contribution in [0.2, 0.25) is 10.0 Å². The first-order chi connectivity index (χ1) is 14.3. The lowest BCUT2D eigenvalue weighted by Crippen LogP contribution is -2.27. The summed E-state index contributed by atoms with van der Waals surface area (Å²) in [6, 6.07) is 12.8. The molecule has 0 atom stereocenters. The minimum Gasteiger partial charge on any atom is -0.457 e. The maximum absolute atomic E-state index is 13.2. The largest absolute Gasteiger partial charge is 0.457 e. The van der Waals surface area contributed by atoms with Gasteiger partial charge in [-0.15, -0.1) is 0 Å². The Morgan fingerprint density at radius 3 is 2.67 bits per heavy atom. The van der Waals surface area contributed by atoms with Gasteiger partial charge in [-0.05, 0) is 66.2 Å². The van der Waals surface area contributed by atoms with Crippen LogP contribution in [0.1, 0.15) is 16.9 Å². The van der Waals surface area contributed by atoms with Crippen molar-refractivity contribution in [1.82, 2.24) is 4.90 Å². The van der Waals surface area contributed by atoms with Crippen LogP contribution in [0, 0.1) is 12.7 Å². The predicted molar refractivity (Wildman–Crippen MR) is 117 cm³/mol. The maximum Gasteiger partial charge on any atom is 0.293 e. The zero-order chi connectivity index (χ0) is 21.4. The van der Waals surface area contributed by atoms with Gasteiger partial charge in [0.1, 0.15) is 17.3 Å². The van der Waals surface area contributed by atoms with E-state index < -0.39 is 17.0 Å². The average Bonchev–Trinajstić information content (AvgIpc) is 3.26. The molecule has 1 fully saturated rings. The van der Waals surface area contributed by atoms with Crippen molar-refractivity contribution in [3.05, 3.63) is 86.2 Å². The zero-order valence-corrected chi connectivity index (χ0v) is 17.9. The minimum atomic E-state index is -0.485. The van der Waals surface area contributed by atoms with Crippen molar-refractivity contribution in [3.63, 3.8) is 0 Å². The highest BCUT2D eigenvalue weighted by atomic mass is 35.5. The molecular formula is C22H14Cl2FNO3S. The molecule has 152 valence electrons. The van der Waals surface area contributed by atoms with Gasteiger partial charge < -0.3 is 4.42 Å². The number of carbonyl (C=O) groups is 2. The summed E-state index contributed by atoms with van der Waals surface area (Å²) in [5.74, 6) is 0.108. The minimum absolute atomic E-state index is 0.0355. The molecule has 4 rings (SSSR count). The molecule has 0 aliphatic carbocycles. The Kier molecular flexibility index (Phi) is 5.73. The van der Waals surface area contributed by atoms with E-state index in [1.165, 1.54) is 18.2 Å². The molecule has 3 aromatic rings. The van der Waals surface area contributed by atoms with Crippen LogP contribution in [0.15, 0.2) is 57.9 Å². The van der Waals surface area contributed by atoms with Gasteiger partial charge in [-0.3, -0.25) is 14.5 Å². The average molecular weight is 462 g/mol. The Hall–Kier alpha value is -2.54. The summed E-state index contributed by atoms with van der Waals surface area (Å²) in [7, 11) is 0. The second-order valence-electron chi connectivity index (χ2n) is 6.66. The highest BCUT2D eigenvalue weighted by Crippen LogP contribution is 2.35. The van der Waals surface area contributed by atoms with Gasteiger partial charge in [0.05, 0.1) is 11.4 Å². The smallest absolute Gasteiger partial charge is 0.293 e. The molecule has 0 unspecified atom stereocenters. The van der Waals surface area contributed by atoms with Crippen molar-refractivity contribution in [2.45, 2.75) is 13.5 Å². The van der Waals surface area contributed by atoms with Crippen LogP contribution in [0.4, 0.5) is 9.18 Å². The van der Waals surface area contributed by atoms with Crippen molar-refractivity contribution < 1.29 is 18.4 Å². The Labute approximate surface area is 186 Å². The van der Waals surface area contributed by atoms with Gasteiger partial charge >= 0.3 is 0 Å². The highest BCUT2D eigenvalue weighted by molar-refractivity contribution is 8.18. The van der Waals surface area contributed by atoms with Crippen molar-refractivity contribution in [3.8, 4) is 11.3 Å². The monoisotopic (exact) mass is 461 g/mol. The highest BCUT2D eigenvalue weighted by Gasteiger charge is 2.35. The molecule has 1 aliphatic rings. The summed E-state index contributed by atoms with van der Waals surface area (Å²) in [6.45, 7) is 1.91. The lowest BCUT2D eigenvalue weighted by molar-refractivity contribution is -0.123. The Morgan fingerprint density at radius 1 is 1.10 bits per heavy atom. The van der Waals surface area contributed by atoms with Crippen molar-refractivity contribution >= 4 is 52.2 Å². The lowest BCUT2D eigenvalue weighted by Gasteiger charge is -2.13. The fraction of sp³-hybridized carbons (Fsp3) is 0.0909. The normalized spacial score (nSPS) is 15.5. The van der Waals surface area contributed by atoms with E-state index in [4.69, 9.17) is 27.6 Å². The standard InChI is InChI=1S/C22H14Cl2FNO3S/c1-12-2-4-14(23)8-17(12)19-7-6-16(29-19)10-20-21(27)26(22(28)30-20)11-13-3-5-15(25)9-18(13)24/h2-10H,11H2,1H3/b20-10-. The molecule has 1 saturated heterocycles. The number of thioether (sulfide) groups is 1. The molecule has 0 N–H and O–H groups in total. The van der Waals surface area contributed by atoms with Crippen LogP contribution >= 0.6 is 35.0 Å². The van der Waals surface area contributed by atoms with Gasteiger partial charge in [-0.25, -0.2) is 4.39 Å². The van der Waals surface area contributed by atoms with E-state index in [2.05, 4.69) is 0 Å². The summed E-state index contributed by atoms with van der Waals surface area (Å²) in [5, 5.41) is 0.323. The summed E-state index contributed by atoms with van der Waals surface area (Å²) in [5.41, 5.74) is 2.33. The second-order valence-corrected chi connectivity index (χ2v) is 8.50. The van der Waals surface area contributed by atoms with Gasteiger partial charge in [-0.1, -0.05) is 35.3 Å². The molecule has 1 aromatic heterocycles. The zero-order valence-electron chi connectivity index (χ0n) is 15.6. The number of halogens is 3. The Morgan fingerprint density at radius 2 is 1.90 bits per heavy atom. The Balaban J connectivity index is 1.56. The van der Waals surface area contributed by atoms with E-state index >= 15 is 0 Å². The number of benzene rings is 2. The summed E-state index contributed by atoms with van der Waals surface area (Å²) in [6.07, 6.45) is 1.53. The topological polar surface area (TPSA) is 50.5 Å². The molecule has 2 heterocycles. The third-order valence-corrected chi connectivity index (χ3v) is 6.08. The number of carbonyl (C=O) groups excluding carboxylic acids is 2. The number of nitrogens with zero attached hydrogens (tertiary/aromatic N) is 1. The first-order valence-corrected chi connectivity index (χ1v) is 10.4. The third kappa shape index (κ3) is 4.17. The van der Waals surface area contributed by atoms with Crippen LogP contribution in [-0.2, 0) is 11.3 Å². The van der Waals surface area contributed by atoms with Crippen LogP contribution in [0.25, 0.3) is 17.4 Å². The SMILES string of the molecule is Cc1ccc(Cl)cc1-c1ccc(/C=C2\SC(=O)N(Cc3ccc(F)cc3Cl)C2=O)o1. The molecule has 30 heavy (non-hydrogen) atoms. The van der Waals surface area contributed by atoms with Gasteiger partial charge in [0, 0.05) is 21.7 Å². The van der Waals surface area contributed by atoms with E-state index in [0.29, 0.717) is 22.1 Å². The van der Waals surface area contributed by atoms with E-state index in [1.54, 1.807) is 24.3 Å². The molecule has 0 spiro atoms. The first kappa shape index (κ1) is 20.7. The number of hydrogen-bond donors (Lipinski definition) is 0. The lowest BCUT2D eigenvalue weighted by atomic mass is 10.1. The number of aryl methyl sites for hydroxylation is 1. The molecule has 0 radical (unpaired) electrons. The number of rotatable bonds is 4. The van der Waals surface area contributed by atoms with Crippen LogP contribution in [-0.4, -0.2) is 16.0 Å². The summed E-state index contributed by atoms with van der Waals surface area (Å²) >= 11 is 12.9. The Bertz CT molecular complexity index is 1200. The fourth-order valence-electron chi connectivity index (χ4n) is 3.02. The quantitative estimate of drug-likeness (QED) is 0.394. The van der Waals surface area contributed by atoms with E-state index in [-0.39, 0.29) is 16.5 Å². The molecule has 1 aliphatic heterocycles. The van der Waals surface area contributed by atoms with Gasteiger partial charge in [0.25, 0.3) is 11.1 Å². The van der Waals surface area contributed by atoms with Crippen LogP contribution in [0.3, 0.4) is 0 Å². The number of hydrogen-bond acceptors (Lipinski definition) is 4. The first-order valence-electron chi connectivity index (χ1n) is 8.87. The number of amides is 2. The fourth-order valence-corrected chi connectivity index (χ4v) is 4.24. The van der Waals surface area contributed by atoms with Crippen LogP contribution < -0.4 is 0 Å². The van der Waals surface area contributed by atoms with Gasteiger partial charge in [0.15, 0.2) is 0 Å². The number of furan rings is 1. The van der Waals surface area contributed by atoms with Gasteiger partial charge in [0.2, 0.25) is 0 Å². The molecular weight excluding hydrogens is 448 g/mol. The second kappa shape index (κ2) is 8.30. The molecule has 0 saturated carbocycles. The van der Waals surface area contributed by atoms with Crippen LogP contribution in [0.5, 0.6) is 0 Å². The third-order valence-electron chi connectivity index (χ3n) is 4.58. The molecule has 0 bridgehead atoms. The molecule has 4 nitrogen and oxygen atoms in total. The molecule has 2 aromatic carbocycles. The number of imide groups is 1. The van der Waals surface area contributed by atoms with E-state index in [9.17, 15) is 14.0 Å². The van der Waals surface area contributed by atoms with Gasteiger partial charge in [-0.2, -0.15) is 0 Å². The maximum atomic E-state index is 13.2. The van der Waals surface area contributed by atoms with Crippen molar-refractivity contribution in [1.29, 1.82) is 0 Å².